The largest absolute Gasteiger partial charge is 0.340 e. The Hall–Kier alpha value is -0.530. The highest BCUT2D eigenvalue weighted by Gasteiger charge is 2.55. The predicted molar refractivity (Wildman–Crippen MR) is 49.9 cm³/mol. The van der Waals surface area contributed by atoms with Crippen LogP contribution in [0.1, 0.15) is 40.5 Å². The molecule has 12 heavy (non-hydrogen) atoms. The summed E-state index contributed by atoms with van der Waals surface area (Å²) in [5.74, 6) is 0.183. The second-order valence-corrected chi connectivity index (χ2v) is 4.86. The van der Waals surface area contributed by atoms with E-state index in [4.69, 9.17) is 0 Å². The van der Waals surface area contributed by atoms with Gasteiger partial charge in [-0.3, -0.25) is 4.79 Å². The molecule has 1 rings (SSSR count). The fourth-order valence-electron chi connectivity index (χ4n) is 2.01. The average molecular weight is 169 g/mol. The van der Waals surface area contributed by atoms with Crippen LogP contribution < -0.4 is 0 Å². The van der Waals surface area contributed by atoms with Crippen LogP contribution in [0.5, 0.6) is 0 Å². The molecule has 0 aromatic carbocycles. The van der Waals surface area contributed by atoms with Gasteiger partial charge in [-0.25, -0.2) is 0 Å². The van der Waals surface area contributed by atoms with Crippen LogP contribution in [0.25, 0.3) is 0 Å². The first kappa shape index (κ1) is 9.56. The van der Waals surface area contributed by atoms with E-state index in [1.807, 2.05) is 11.9 Å². The summed E-state index contributed by atoms with van der Waals surface area (Å²) in [5, 5.41) is 0. The van der Waals surface area contributed by atoms with Crippen molar-refractivity contribution in [2.45, 2.75) is 46.1 Å². The van der Waals surface area contributed by atoms with Gasteiger partial charge < -0.3 is 4.90 Å². The van der Waals surface area contributed by atoms with Crippen molar-refractivity contribution in [1.29, 1.82) is 0 Å². The van der Waals surface area contributed by atoms with Gasteiger partial charge in [0.15, 0.2) is 0 Å². The van der Waals surface area contributed by atoms with Crippen molar-refractivity contribution in [3.8, 4) is 0 Å². The first-order chi connectivity index (χ1) is 5.31. The molecule has 2 nitrogen and oxygen atoms in total. The highest BCUT2D eigenvalue weighted by atomic mass is 16.2. The Labute approximate surface area is 74.9 Å². The number of rotatable bonds is 1. The smallest absolute Gasteiger partial charge is 0.219 e. The molecule has 0 unspecified atom stereocenters. The Balaban J connectivity index is 2.80. The van der Waals surface area contributed by atoms with Crippen LogP contribution in [0.2, 0.25) is 0 Å². The van der Waals surface area contributed by atoms with Gasteiger partial charge in [0, 0.05) is 19.5 Å². The molecule has 2 heteroatoms. The molecule has 0 aromatic heterocycles. The van der Waals surface area contributed by atoms with Gasteiger partial charge in [0.05, 0.1) is 0 Å². The standard InChI is InChI=1S/C10H19NO/c1-8(12)11(5)10(6-7-10)9(2,3)4/h6-7H2,1-5H3. The van der Waals surface area contributed by atoms with Crippen LogP contribution in [0.4, 0.5) is 0 Å². The van der Waals surface area contributed by atoms with Gasteiger partial charge in [-0.1, -0.05) is 20.8 Å². The van der Waals surface area contributed by atoms with Gasteiger partial charge >= 0.3 is 0 Å². The fraction of sp³-hybridized carbons (Fsp3) is 0.900. The maximum absolute atomic E-state index is 11.2. The third kappa shape index (κ3) is 1.23. The molecule has 0 atom stereocenters. The normalized spacial score (nSPS) is 20.4. The molecule has 1 fully saturated rings. The zero-order chi connectivity index (χ0) is 9.57. The predicted octanol–water partition coefficient (Wildman–Crippen LogP) is 2.04. The number of hydrogen-bond donors (Lipinski definition) is 0. The molecular formula is C10H19NO. The molecule has 0 heterocycles. The summed E-state index contributed by atoms with van der Waals surface area (Å²) < 4.78 is 0. The molecule has 0 aliphatic heterocycles. The van der Waals surface area contributed by atoms with Crippen LogP contribution >= 0.6 is 0 Å². The lowest BCUT2D eigenvalue weighted by atomic mass is 9.83. The highest BCUT2D eigenvalue weighted by molar-refractivity contribution is 5.74. The molecule has 0 radical (unpaired) electrons. The first-order valence-corrected chi connectivity index (χ1v) is 4.56. The van der Waals surface area contributed by atoms with E-state index < -0.39 is 0 Å². The summed E-state index contributed by atoms with van der Waals surface area (Å²) in [6.45, 7) is 8.27. The van der Waals surface area contributed by atoms with Crippen molar-refractivity contribution in [2.75, 3.05) is 7.05 Å². The van der Waals surface area contributed by atoms with Gasteiger partial charge in [-0.2, -0.15) is 0 Å². The minimum absolute atomic E-state index is 0.152. The van der Waals surface area contributed by atoms with Crippen LogP contribution in [0, 0.1) is 5.41 Å². The quantitative estimate of drug-likeness (QED) is 0.588. The van der Waals surface area contributed by atoms with E-state index >= 15 is 0 Å². The van der Waals surface area contributed by atoms with Crippen molar-refractivity contribution in [3.63, 3.8) is 0 Å². The summed E-state index contributed by atoms with van der Waals surface area (Å²) in [4.78, 5) is 13.1. The van der Waals surface area contributed by atoms with Gasteiger partial charge in [-0.05, 0) is 18.3 Å². The van der Waals surface area contributed by atoms with Gasteiger partial charge in [0.25, 0.3) is 0 Å². The molecule has 0 saturated heterocycles. The molecule has 0 N–H and O–H groups in total. The van der Waals surface area contributed by atoms with Crippen LogP contribution in [0.3, 0.4) is 0 Å². The van der Waals surface area contributed by atoms with Crippen molar-refractivity contribution in [1.82, 2.24) is 4.90 Å². The summed E-state index contributed by atoms with van der Waals surface area (Å²) in [6, 6.07) is 0. The lowest BCUT2D eigenvalue weighted by Crippen LogP contribution is -2.46. The zero-order valence-corrected chi connectivity index (χ0v) is 8.77. The second-order valence-electron chi connectivity index (χ2n) is 4.86. The van der Waals surface area contributed by atoms with Crippen LogP contribution in [-0.4, -0.2) is 23.4 Å². The van der Waals surface area contributed by atoms with E-state index in [1.165, 1.54) is 0 Å². The van der Waals surface area contributed by atoms with Gasteiger partial charge in [-0.15, -0.1) is 0 Å². The van der Waals surface area contributed by atoms with Crippen molar-refractivity contribution < 1.29 is 4.79 Å². The topological polar surface area (TPSA) is 20.3 Å². The molecule has 0 bridgehead atoms. The van der Waals surface area contributed by atoms with Gasteiger partial charge in [0.1, 0.15) is 0 Å². The third-order valence-electron chi connectivity index (χ3n) is 3.23. The van der Waals surface area contributed by atoms with Crippen LogP contribution in [-0.2, 0) is 4.79 Å². The molecule has 1 aliphatic rings. The van der Waals surface area contributed by atoms with Crippen LogP contribution in [0.15, 0.2) is 0 Å². The summed E-state index contributed by atoms with van der Waals surface area (Å²) in [6.07, 6.45) is 2.32. The Kier molecular flexibility index (Phi) is 1.97. The summed E-state index contributed by atoms with van der Waals surface area (Å²) in [7, 11) is 1.92. The first-order valence-electron chi connectivity index (χ1n) is 4.56. The number of carbonyl (C=O) groups excluding carboxylic acids is 1. The van der Waals surface area contributed by atoms with Gasteiger partial charge in [0.2, 0.25) is 5.91 Å². The summed E-state index contributed by atoms with van der Waals surface area (Å²) >= 11 is 0. The van der Waals surface area contributed by atoms with E-state index in [1.54, 1.807) is 6.92 Å². The lowest BCUT2D eigenvalue weighted by molar-refractivity contribution is -0.132. The molecule has 1 aliphatic carbocycles. The Morgan fingerprint density at radius 2 is 1.75 bits per heavy atom. The molecule has 1 saturated carbocycles. The maximum atomic E-state index is 11.2. The minimum Gasteiger partial charge on any atom is -0.340 e. The third-order valence-corrected chi connectivity index (χ3v) is 3.23. The minimum atomic E-state index is 0.152. The number of nitrogens with zero attached hydrogens (tertiary/aromatic N) is 1. The number of carbonyl (C=O) groups is 1. The summed E-state index contributed by atoms with van der Waals surface area (Å²) in [5.41, 5.74) is 0.367. The molecule has 1 amide bonds. The SMILES string of the molecule is CC(=O)N(C)C1(C(C)(C)C)CC1. The number of amides is 1. The van der Waals surface area contributed by atoms with Crippen molar-refractivity contribution >= 4 is 5.91 Å². The highest BCUT2D eigenvalue weighted by Crippen LogP contribution is 2.53. The maximum Gasteiger partial charge on any atom is 0.219 e. The molecule has 0 aromatic rings. The van der Waals surface area contributed by atoms with Crippen molar-refractivity contribution in [2.24, 2.45) is 5.41 Å². The lowest BCUT2D eigenvalue weighted by Gasteiger charge is -2.38. The second kappa shape index (κ2) is 2.48. The Bertz CT molecular complexity index is 198. The monoisotopic (exact) mass is 169 g/mol. The Morgan fingerprint density at radius 1 is 1.33 bits per heavy atom. The fourth-order valence-corrected chi connectivity index (χ4v) is 2.01. The molecular weight excluding hydrogens is 150 g/mol. The number of hydrogen-bond acceptors (Lipinski definition) is 1. The van der Waals surface area contributed by atoms with E-state index in [0.29, 0.717) is 0 Å². The van der Waals surface area contributed by atoms with E-state index in [0.717, 1.165) is 12.8 Å². The average Bonchev–Trinajstić information content (AvgIpc) is 2.62. The van der Waals surface area contributed by atoms with E-state index in [2.05, 4.69) is 20.8 Å². The molecule has 70 valence electrons. The van der Waals surface area contributed by atoms with Crippen molar-refractivity contribution in [3.05, 3.63) is 0 Å². The zero-order valence-electron chi connectivity index (χ0n) is 8.77. The van der Waals surface area contributed by atoms with E-state index in [9.17, 15) is 4.79 Å². The van der Waals surface area contributed by atoms with E-state index in [-0.39, 0.29) is 16.9 Å². The molecule has 0 spiro atoms. The Morgan fingerprint density at radius 3 is 1.83 bits per heavy atom.